The fourth-order valence-electron chi connectivity index (χ4n) is 2.45. The van der Waals surface area contributed by atoms with Crippen LogP contribution in [0.4, 0.5) is 0 Å². The summed E-state index contributed by atoms with van der Waals surface area (Å²) in [6, 6.07) is 11.9. The summed E-state index contributed by atoms with van der Waals surface area (Å²) in [5.41, 5.74) is 2.93. The molecule has 0 unspecified atom stereocenters. The van der Waals surface area contributed by atoms with E-state index in [4.69, 9.17) is 0 Å². The second-order valence-corrected chi connectivity index (χ2v) is 5.92. The highest BCUT2D eigenvalue weighted by Crippen LogP contribution is 2.20. The topological polar surface area (TPSA) is 57.8 Å². The zero-order valence-electron chi connectivity index (χ0n) is 14.0. The lowest BCUT2D eigenvalue weighted by molar-refractivity contribution is 0.0946. The van der Waals surface area contributed by atoms with Crippen molar-refractivity contribution in [2.24, 2.45) is 0 Å². The first-order valence-corrected chi connectivity index (χ1v) is 8.08. The molecule has 2 aromatic rings. The summed E-state index contributed by atoms with van der Waals surface area (Å²) in [7, 11) is 0. The van der Waals surface area contributed by atoms with Crippen LogP contribution in [0.3, 0.4) is 0 Å². The van der Waals surface area contributed by atoms with Gasteiger partial charge in [0.25, 0.3) is 5.91 Å². The molecule has 1 heterocycles. The molecule has 0 fully saturated rings. The molecule has 0 saturated carbocycles. The van der Waals surface area contributed by atoms with Crippen molar-refractivity contribution >= 4 is 5.91 Å². The molecule has 4 nitrogen and oxygen atoms in total. The lowest BCUT2D eigenvalue weighted by Crippen LogP contribution is -2.27. The van der Waals surface area contributed by atoms with Gasteiger partial charge in [0.15, 0.2) is 0 Å². The Bertz CT molecular complexity index is 705. The van der Waals surface area contributed by atoms with E-state index in [0.717, 1.165) is 18.5 Å². The van der Waals surface area contributed by atoms with E-state index in [2.05, 4.69) is 44.3 Å². The van der Waals surface area contributed by atoms with Gasteiger partial charge < -0.3 is 9.88 Å². The number of carbonyl (C=O) groups is 1. The molecule has 0 aliphatic carbocycles. The van der Waals surface area contributed by atoms with Crippen molar-refractivity contribution in [3.05, 3.63) is 53.3 Å². The van der Waals surface area contributed by atoms with E-state index >= 15 is 0 Å². The number of aromatic nitrogens is 1. The molecule has 0 atom stereocenters. The number of nitrogens with zero attached hydrogens (tertiary/aromatic N) is 2. The first-order valence-electron chi connectivity index (χ1n) is 8.08. The van der Waals surface area contributed by atoms with Gasteiger partial charge in [-0.15, -0.1) is 0 Å². The Morgan fingerprint density at radius 1 is 1.26 bits per heavy atom. The van der Waals surface area contributed by atoms with Crippen molar-refractivity contribution in [2.75, 3.05) is 6.54 Å². The van der Waals surface area contributed by atoms with Crippen molar-refractivity contribution in [1.82, 2.24) is 9.88 Å². The first kappa shape index (κ1) is 16.8. The van der Waals surface area contributed by atoms with E-state index in [1.54, 1.807) is 16.8 Å². The Hall–Kier alpha value is -2.54. The summed E-state index contributed by atoms with van der Waals surface area (Å²) < 4.78 is 1.78. The van der Waals surface area contributed by atoms with Crippen LogP contribution in [0.15, 0.2) is 36.5 Å². The van der Waals surface area contributed by atoms with Gasteiger partial charge in [0.05, 0.1) is 5.56 Å². The molecular weight excluding hydrogens is 286 g/mol. The molecule has 1 aromatic heterocycles. The van der Waals surface area contributed by atoms with Crippen LogP contribution >= 0.6 is 0 Å². The molecule has 1 N–H and O–H groups in total. The number of benzene rings is 1. The summed E-state index contributed by atoms with van der Waals surface area (Å²) in [4.78, 5) is 12.4. The minimum absolute atomic E-state index is 0.201. The molecular formula is C19H23N3O. The number of amides is 1. The largest absolute Gasteiger partial charge is 0.351 e. The molecule has 0 bridgehead atoms. The van der Waals surface area contributed by atoms with Gasteiger partial charge in [0, 0.05) is 18.4 Å². The van der Waals surface area contributed by atoms with Gasteiger partial charge in [-0.3, -0.25) is 4.79 Å². The maximum atomic E-state index is 12.4. The molecule has 0 radical (unpaired) electrons. The van der Waals surface area contributed by atoms with Gasteiger partial charge in [-0.1, -0.05) is 39.3 Å². The number of unbranched alkanes of at least 4 members (excludes halogenated alkanes) is 1. The average molecular weight is 309 g/mol. The first-order chi connectivity index (χ1) is 11.1. The Morgan fingerprint density at radius 3 is 2.52 bits per heavy atom. The van der Waals surface area contributed by atoms with E-state index < -0.39 is 0 Å². The quantitative estimate of drug-likeness (QED) is 0.820. The zero-order chi connectivity index (χ0) is 16.8. The van der Waals surface area contributed by atoms with Crippen LogP contribution in [-0.2, 0) is 0 Å². The van der Waals surface area contributed by atoms with Gasteiger partial charge in [0.1, 0.15) is 11.8 Å². The molecule has 0 aliphatic heterocycles. The highest BCUT2D eigenvalue weighted by atomic mass is 16.1. The predicted molar refractivity (Wildman–Crippen MR) is 91.8 cm³/mol. The van der Waals surface area contributed by atoms with Crippen LogP contribution in [0, 0.1) is 11.3 Å². The zero-order valence-corrected chi connectivity index (χ0v) is 14.0. The van der Waals surface area contributed by atoms with Gasteiger partial charge in [0.2, 0.25) is 0 Å². The number of nitrogens with one attached hydrogen (secondary N) is 1. The third-order valence-corrected chi connectivity index (χ3v) is 3.88. The molecule has 0 aliphatic rings. The van der Waals surface area contributed by atoms with Crippen molar-refractivity contribution in [1.29, 1.82) is 5.26 Å². The Kier molecular flexibility index (Phi) is 5.59. The van der Waals surface area contributed by atoms with Crippen LogP contribution in [0.2, 0.25) is 0 Å². The fraction of sp³-hybridized carbons (Fsp3) is 0.368. The van der Waals surface area contributed by atoms with Crippen molar-refractivity contribution in [3.8, 4) is 11.8 Å². The van der Waals surface area contributed by atoms with E-state index in [0.29, 0.717) is 23.7 Å². The SMILES string of the molecule is CCCCNC(=O)c1c(C#N)ccn1-c1ccc(C(C)C)cc1. The average Bonchev–Trinajstić information content (AvgIpc) is 2.99. The molecule has 1 aromatic carbocycles. The third kappa shape index (κ3) is 3.81. The summed E-state index contributed by atoms with van der Waals surface area (Å²) in [5.74, 6) is 0.258. The molecule has 120 valence electrons. The number of nitriles is 1. The third-order valence-electron chi connectivity index (χ3n) is 3.88. The Balaban J connectivity index is 2.34. The van der Waals surface area contributed by atoms with Gasteiger partial charge in [-0.25, -0.2) is 0 Å². The van der Waals surface area contributed by atoms with Crippen LogP contribution in [0.25, 0.3) is 5.69 Å². The van der Waals surface area contributed by atoms with Gasteiger partial charge in [-0.05, 0) is 36.1 Å². The number of hydrogen-bond donors (Lipinski definition) is 1. The van der Waals surface area contributed by atoms with Crippen molar-refractivity contribution < 1.29 is 4.79 Å². The Morgan fingerprint density at radius 2 is 1.96 bits per heavy atom. The summed E-state index contributed by atoms with van der Waals surface area (Å²) in [5, 5.41) is 12.2. The molecule has 4 heteroatoms. The lowest BCUT2D eigenvalue weighted by atomic mass is 10.0. The van der Waals surface area contributed by atoms with Crippen LogP contribution in [0.5, 0.6) is 0 Å². The molecule has 0 saturated heterocycles. The monoisotopic (exact) mass is 309 g/mol. The summed E-state index contributed by atoms with van der Waals surface area (Å²) in [6.07, 6.45) is 3.72. The standard InChI is InChI=1S/C19H23N3O/c1-4-5-11-21-19(23)18-16(13-20)10-12-22(18)17-8-6-15(7-9-17)14(2)3/h6-10,12,14H,4-5,11H2,1-3H3,(H,21,23). The molecule has 2 rings (SSSR count). The highest BCUT2D eigenvalue weighted by Gasteiger charge is 2.17. The Labute approximate surface area is 137 Å². The number of hydrogen-bond acceptors (Lipinski definition) is 2. The van der Waals surface area contributed by atoms with Crippen LogP contribution in [0.1, 0.15) is 61.1 Å². The minimum atomic E-state index is -0.201. The smallest absolute Gasteiger partial charge is 0.269 e. The van der Waals surface area contributed by atoms with Crippen molar-refractivity contribution in [2.45, 2.75) is 39.5 Å². The highest BCUT2D eigenvalue weighted by molar-refractivity contribution is 5.95. The summed E-state index contributed by atoms with van der Waals surface area (Å²) in [6.45, 7) is 6.99. The molecule has 1 amide bonds. The van der Waals surface area contributed by atoms with Crippen LogP contribution < -0.4 is 5.32 Å². The second-order valence-electron chi connectivity index (χ2n) is 5.92. The maximum absolute atomic E-state index is 12.4. The van der Waals surface area contributed by atoms with Crippen molar-refractivity contribution in [3.63, 3.8) is 0 Å². The van der Waals surface area contributed by atoms with E-state index in [1.807, 2.05) is 12.1 Å². The minimum Gasteiger partial charge on any atom is -0.351 e. The number of carbonyl (C=O) groups excluding carboxylic acids is 1. The predicted octanol–water partition coefficient (Wildman–Crippen LogP) is 4.00. The van der Waals surface area contributed by atoms with E-state index in [1.165, 1.54) is 5.56 Å². The fourth-order valence-corrected chi connectivity index (χ4v) is 2.45. The van der Waals surface area contributed by atoms with Crippen LogP contribution in [-0.4, -0.2) is 17.0 Å². The van der Waals surface area contributed by atoms with E-state index in [-0.39, 0.29) is 5.91 Å². The molecule has 23 heavy (non-hydrogen) atoms. The molecule has 0 spiro atoms. The van der Waals surface area contributed by atoms with E-state index in [9.17, 15) is 10.1 Å². The van der Waals surface area contributed by atoms with Gasteiger partial charge >= 0.3 is 0 Å². The maximum Gasteiger partial charge on any atom is 0.269 e. The summed E-state index contributed by atoms with van der Waals surface area (Å²) >= 11 is 0. The number of rotatable bonds is 6. The second kappa shape index (κ2) is 7.64. The lowest BCUT2D eigenvalue weighted by Gasteiger charge is -2.12. The van der Waals surface area contributed by atoms with Gasteiger partial charge in [-0.2, -0.15) is 5.26 Å². The normalized spacial score (nSPS) is 10.6.